The van der Waals surface area contributed by atoms with Gasteiger partial charge in [-0.05, 0) is 13.8 Å². The van der Waals surface area contributed by atoms with Crippen LogP contribution in [0.3, 0.4) is 0 Å². The highest BCUT2D eigenvalue weighted by molar-refractivity contribution is 7.09. The Bertz CT molecular complexity index is 363. The van der Waals surface area contributed by atoms with Crippen LogP contribution in [0.2, 0.25) is 0 Å². The van der Waals surface area contributed by atoms with E-state index in [0.717, 1.165) is 37.7 Å². The third kappa shape index (κ3) is 5.04. The molecule has 1 aromatic heterocycles. The molecule has 0 atom stereocenters. The van der Waals surface area contributed by atoms with Gasteiger partial charge in [0.25, 0.3) is 0 Å². The number of aromatic nitrogens is 1. The summed E-state index contributed by atoms with van der Waals surface area (Å²) in [7, 11) is 0. The second-order valence-electron chi connectivity index (χ2n) is 4.37. The van der Waals surface area contributed by atoms with E-state index in [2.05, 4.69) is 53.7 Å². The zero-order chi connectivity index (χ0) is 13.4. The number of nitrogens with zero attached hydrogens (tertiary/aromatic N) is 2. The minimum absolute atomic E-state index is 0.520. The van der Waals surface area contributed by atoms with Crippen molar-refractivity contribution in [3.05, 3.63) is 16.1 Å². The molecule has 0 bridgehead atoms. The fourth-order valence-corrected chi connectivity index (χ4v) is 2.36. The lowest BCUT2D eigenvalue weighted by molar-refractivity contribution is 0.814. The second-order valence-corrected chi connectivity index (χ2v) is 5.26. The number of nitrogens with one attached hydrogen (secondary N) is 2. The highest BCUT2D eigenvalue weighted by atomic mass is 32.1. The minimum atomic E-state index is 0.520. The average molecular weight is 268 g/mol. The van der Waals surface area contributed by atoms with Crippen molar-refractivity contribution in [2.45, 2.75) is 40.0 Å². The average Bonchev–Trinajstić information content (AvgIpc) is 2.78. The van der Waals surface area contributed by atoms with E-state index in [9.17, 15) is 0 Å². The van der Waals surface area contributed by atoms with Crippen LogP contribution in [0.1, 0.15) is 44.3 Å². The van der Waals surface area contributed by atoms with Crippen LogP contribution in [0.4, 0.5) is 0 Å². The summed E-state index contributed by atoms with van der Waals surface area (Å²) in [5, 5.41) is 9.79. The van der Waals surface area contributed by atoms with E-state index < -0.39 is 0 Å². The van der Waals surface area contributed by atoms with Crippen LogP contribution in [-0.2, 0) is 6.42 Å². The molecular weight excluding hydrogens is 244 g/mol. The molecular formula is C13H24N4S. The van der Waals surface area contributed by atoms with E-state index in [4.69, 9.17) is 0 Å². The topological polar surface area (TPSA) is 49.3 Å². The maximum Gasteiger partial charge on any atom is 0.191 e. The molecule has 0 aromatic carbocycles. The van der Waals surface area contributed by atoms with Crippen molar-refractivity contribution in [3.63, 3.8) is 0 Å². The molecule has 1 rings (SSSR count). The van der Waals surface area contributed by atoms with Gasteiger partial charge in [0.05, 0.1) is 10.7 Å². The van der Waals surface area contributed by atoms with Gasteiger partial charge in [-0.15, -0.1) is 11.3 Å². The molecule has 0 aliphatic rings. The summed E-state index contributed by atoms with van der Waals surface area (Å²) < 4.78 is 0. The first-order valence-electron chi connectivity index (χ1n) is 6.63. The maximum atomic E-state index is 4.61. The predicted molar refractivity (Wildman–Crippen MR) is 79.6 cm³/mol. The molecule has 0 unspecified atom stereocenters. The Morgan fingerprint density at radius 2 is 2.00 bits per heavy atom. The highest BCUT2D eigenvalue weighted by Crippen LogP contribution is 2.19. The van der Waals surface area contributed by atoms with Crippen LogP contribution in [0.15, 0.2) is 10.4 Å². The summed E-state index contributed by atoms with van der Waals surface area (Å²) >= 11 is 1.75. The van der Waals surface area contributed by atoms with Crippen molar-refractivity contribution in [1.29, 1.82) is 0 Å². The van der Waals surface area contributed by atoms with Crippen LogP contribution in [0.5, 0.6) is 0 Å². The summed E-state index contributed by atoms with van der Waals surface area (Å²) in [5.74, 6) is 1.41. The molecule has 2 N–H and O–H groups in total. The molecule has 0 spiro atoms. The molecule has 0 aliphatic heterocycles. The lowest BCUT2D eigenvalue weighted by Crippen LogP contribution is -2.37. The SMILES string of the molecule is CCNC(=NCCc1csc(C(C)C)n1)NCC. The molecule has 102 valence electrons. The van der Waals surface area contributed by atoms with E-state index in [1.54, 1.807) is 11.3 Å². The lowest BCUT2D eigenvalue weighted by Gasteiger charge is -2.08. The number of rotatable bonds is 6. The van der Waals surface area contributed by atoms with Crippen molar-refractivity contribution in [3.8, 4) is 0 Å². The molecule has 0 saturated carbocycles. The van der Waals surface area contributed by atoms with Crippen LogP contribution < -0.4 is 10.6 Å². The molecule has 1 aromatic rings. The molecule has 0 saturated heterocycles. The van der Waals surface area contributed by atoms with E-state index in [-0.39, 0.29) is 0 Å². The third-order valence-electron chi connectivity index (χ3n) is 2.39. The van der Waals surface area contributed by atoms with Gasteiger partial charge in [-0.25, -0.2) is 4.98 Å². The van der Waals surface area contributed by atoms with Crippen LogP contribution in [-0.4, -0.2) is 30.6 Å². The van der Waals surface area contributed by atoms with Gasteiger partial charge >= 0.3 is 0 Å². The van der Waals surface area contributed by atoms with Gasteiger partial charge < -0.3 is 10.6 Å². The first kappa shape index (κ1) is 15.0. The van der Waals surface area contributed by atoms with Crippen LogP contribution in [0.25, 0.3) is 0 Å². The summed E-state index contributed by atoms with van der Waals surface area (Å²) in [4.78, 5) is 9.12. The van der Waals surface area contributed by atoms with Crippen molar-refractivity contribution >= 4 is 17.3 Å². The molecule has 0 fully saturated rings. The lowest BCUT2D eigenvalue weighted by atomic mass is 10.2. The Morgan fingerprint density at radius 3 is 2.50 bits per heavy atom. The van der Waals surface area contributed by atoms with Gasteiger partial charge in [0.1, 0.15) is 0 Å². The first-order chi connectivity index (χ1) is 8.67. The van der Waals surface area contributed by atoms with Crippen LogP contribution >= 0.6 is 11.3 Å². The fraction of sp³-hybridized carbons (Fsp3) is 0.692. The summed E-state index contributed by atoms with van der Waals surface area (Å²) in [6.07, 6.45) is 0.906. The zero-order valence-corrected chi connectivity index (χ0v) is 12.6. The Labute approximate surface area is 114 Å². The Morgan fingerprint density at radius 1 is 1.33 bits per heavy atom. The maximum absolute atomic E-state index is 4.61. The van der Waals surface area contributed by atoms with Crippen molar-refractivity contribution in [1.82, 2.24) is 15.6 Å². The van der Waals surface area contributed by atoms with Crippen molar-refractivity contribution in [2.75, 3.05) is 19.6 Å². The summed E-state index contributed by atoms with van der Waals surface area (Å²) in [6.45, 7) is 11.0. The van der Waals surface area contributed by atoms with Crippen LogP contribution in [0, 0.1) is 0 Å². The number of guanidine groups is 1. The van der Waals surface area contributed by atoms with E-state index in [0.29, 0.717) is 5.92 Å². The summed E-state index contributed by atoms with van der Waals surface area (Å²) in [5.41, 5.74) is 1.15. The molecule has 5 heteroatoms. The molecule has 18 heavy (non-hydrogen) atoms. The Kier molecular flexibility index (Phi) is 6.72. The molecule has 0 amide bonds. The molecule has 0 radical (unpaired) electrons. The fourth-order valence-electron chi connectivity index (χ4n) is 1.49. The van der Waals surface area contributed by atoms with Gasteiger partial charge in [0.2, 0.25) is 0 Å². The van der Waals surface area contributed by atoms with Crippen molar-refractivity contribution in [2.24, 2.45) is 4.99 Å². The van der Waals surface area contributed by atoms with Gasteiger partial charge in [0, 0.05) is 37.4 Å². The Balaban J connectivity index is 2.45. The smallest absolute Gasteiger partial charge is 0.191 e. The van der Waals surface area contributed by atoms with Gasteiger partial charge in [-0.1, -0.05) is 13.8 Å². The van der Waals surface area contributed by atoms with E-state index in [1.807, 2.05) is 0 Å². The number of hydrogen-bond acceptors (Lipinski definition) is 3. The normalized spacial score (nSPS) is 10.5. The van der Waals surface area contributed by atoms with Gasteiger partial charge in [0.15, 0.2) is 5.96 Å². The largest absolute Gasteiger partial charge is 0.357 e. The van der Waals surface area contributed by atoms with Gasteiger partial charge in [-0.2, -0.15) is 0 Å². The first-order valence-corrected chi connectivity index (χ1v) is 7.51. The van der Waals surface area contributed by atoms with Crippen molar-refractivity contribution < 1.29 is 0 Å². The standard InChI is InChI=1S/C13H24N4S/c1-5-14-13(15-6-2)16-8-7-11-9-18-12(17-11)10(3)4/h9-10H,5-8H2,1-4H3,(H2,14,15,16). The molecule has 0 aliphatic carbocycles. The minimum Gasteiger partial charge on any atom is -0.357 e. The highest BCUT2D eigenvalue weighted by Gasteiger charge is 2.05. The quantitative estimate of drug-likeness (QED) is 0.615. The monoisotopic (exact) mass is 268 g/mol. The summed E-state index contributed by atoms with van der Waals surface area (Å²) in [6, 6.07) is 0. The number of hydrogen-bond donors (Lipinski definition) is 2. The van der Waals surface area contributed by atoms with Gasteiger partial charge in [-0.3, -0.25) is 4.99 Å². The third-order valence-corrected chi connectivity index (χ3v) is 3.58. The van der Waals surface area contributed by atoms with E-state index >= 15 is 0 Å². The predicted octanol–water partition coefficient (Wildman–Crippen LogP) is 2.38. The number of thiazole rings is 1. The molecule has 4 nitrogen and oxygen atoms in total. The Hall–Kier alpha value is -1.10. The zero-order valence-electron chi connectivity index (χ0n) is 11.8. The second kappa shape index (κ2) is 8.08. The number of aliphatic imine (C=N–C) groups is 1. The van der Waals surface area contributed by atoms with E-state index in [1.165, 1.54) is 5.01 Å². The molecule has 1 heterocycles.